The van der Waals surface area contributed by atoms with Crippen LogP contribution in [0.15, 0.2) is 18.2 Å². The van der Waals surface area contributed by atoms with Crippen LogP contribution in [0.3, 0.4) is 0 Å². The number of rotatable bonds is 4. The largest absolute Gasteiger partial charge is 0.363 e. The van der Waals surface area contributed by atoms with Crippen molar-refractivity contribution in [2.24, 2.45) is 5.92 Å². The molecule has 0 aliphatic carbocycles. The second-order valence-corrected chi connectivity index (χ2v) is 9.37. The Hall–Kier alpha value is -2.78. The molecule has 3 atom stereocenters. The highest BCUT2D eigenvalue weighted by molar-refractivity contribution is 6.23. The van der Waals surface area contributed by atoms with Gasteiger partial charge < -0.3 is 10.2 Å². The number of hydrogen-bond acceptors (Lipinski definition) is 7. The number of fused-ring (bicyclic) bond motifs is 3. The molecule has 5 saturated heterocycles. The predicted molar refractivity (Wildman–Crippen MR) is 111 cm³/mol. The molecule has 9 heteroatoms. The van der Waals surface area contributed by atoms with Crippen molar-refractivity contribution in [3.63, 3.8) is 0 Å². The standard InChI is InChI=1S/C22H25N5O4/c28-19-4-3-18(20(29)24-19)27-21(30)16-2-1-13(6-17(16)22(27)31)26-14-5-15(26)11-25(10-14)9-12-7-23-8-12/h1-2,6,12,14-15,18,23H,3-5,7-11H2,(H,24,28,29). The number of amides is 4. The van der Waals surface area contributed by atoms with Crippen LogP contribution in [0.2, 0.25) is 0 Å². The lowest BCUT2D eigenvalue weighted by Crippen LogP contribution is -2.70. The number of piperazine rings is 1. The van der Waals surface area contributed by atoms with Crippen molar-refractivity contribution in [3.05, 3.63) is 29.3 Å². The van der Waals surface area contributed by atoms with Crippen LogP contribution in [0.5, 0.6) is 0 Å². The number of carbonyl (C=O) groups excluding carboxylic acids is 4. The summed E-state index contributed by atoms with van der Waals surface area (Å²) in [5.41, 5.74) is 1.66. The van der Waals surface area contributed by atoms with Gasteiger partial charge in [0.05, 0.1) is 11.1 Å². The van der Waals surface area contributed by atoms with Crippen LogP contribution in [-0.2, 0) is 9.59 Å². The number of nitrogens with zero attached hydrogens (tertiary/aromatic N) is 3. The van der Waals surface area contributed by atoms with Crippen LogP contribution in [0, 0.1) is 5.92 Å². The molecule has 6 heterocycles. The zero-order valence-electron chi connectivity index (χ0n) is 17.2. The summed E-state index contributed by atoms with van der Waals surface area (Å²) in [4.78, 5) is 55.6. The summed E-state index contributed by atoms with van der Waals surface area (Å²) >= 11 is 0. The van der Waals surface area contributed by atoms with E-state index in [1.54, 1.807) is 6.07 Å². The minimum atomic E-state index is -0.925. The molecule has 3 unspecified atom stereocenters. The van der Waals surface area contributed by atoms with Crippen molar-refractivity contribution < 1.29 is 19.2 Å². The highest BCUT2D eigenvalue weighted by Gasteiger charge is 2.47. The Morgan fingerprint density at radius 3 is 2.39 bits per heavy atom. The summed E-state index contributed by atoms with van der Waals surface area (Å²) in [6.07, 6.45) is 1.46. The summed E-state index contributed by atoms with van der Waals surface area (Å²) in [5, 5.41) is 5.56. The Labute approximate surface area is 179 Å². The van der Waals surface area contributed by atoms with Crippen LogP contribution in [0.25, 0.3) is 0 Å². The van der Waals surface area contributed by atoms with Crippen molar-refractivity contribution >= 4 is 29.3 Å². The van der Waals surface area contributed by atoms with Crippen molar-refractivity contribution in [2.75, 3.05) is 37.6 Å². The highest BCUT2D eigenvalue weighted by Crippen LogP contribution is 2.39. The Morgan fingerprint density at radius 2 is 1.71 bits per heavy atom. The third kappa shape index (κ3) is 2.90. The van der Waals surface area contributed by atoms with Gasteiger partial charge in [0.15, 0.2) is 0 Å². The Balaban J connectivity index is 1.20. The van der Waals surface area contributed by atoms with Gasteiger partial charge in [0.2, 0.25) is 11.8 Å². The van der Waals surface area contributed by atoms with E-state index in [1.165, 1.54) is 0 Å². The summed E-state index contributed by atoms with van der Waals surface area (Å²) in [6.45, 7) is 5.42. The molecule has 0 radical (unpaired) electrons. The van der Waals surface area contributed by atoms with E-state index < -0.39 is 23.8 Å². The Kier molecular flexibility index (Phi) is 4.19. The van der Waals surface area contributed by atoms with Gasteiger partial charge in [0, 0.05) is 56.9 Å². The molecule has 9 nitrogen and oxygen atoms in total. The first-order valence-corrected chi connectivity index (χ1v) is 11.1. The lowest BCUT2D eigenvalue weighted by molar-refractivity contribution is -0.136. The quantitative estimate of drug-likeness (QED) is 0.634. The molecule has 0 spiro atoms. The van der Waals surface area contributed by atoms with Gasteiger partial charge in [-0.3, -0.25) is 34.3 Å². The molecule has 162 valence electrons. The number of hydrogen-bond donors (Lipinski definition) is 2. The number of piperidine rings is 2. The molecular formula is C22H25N5O4. The second-order valence-electron chi connectivity index (χ2n) is 9.37. The molecule has 0 saturated carbocycles. The van der Waals surface area contributed by atoms with Gasteiger partial charge in [-0.25, -0.2) is 0 Å². The van der Waals surface area contributed by atoms with Gasteiger partial charge in [0.1, 0.15) is 6.04 Å². The smallest absolute Gasteiger partial charge is 0.262 e. The van der Waals surface area contributed by atoms with E-state index in [-0.39, 0.29) is 18.7 Å². The number of imide groups is 2. The maximum Gasteiger partial charge on any atom is 0.262 e. The minimum absolute atomic E-state index is 0.125. The molecule has 4 amide bonds. The molecule has 2 bridgehead atoms. The maximum atomic E-state index is 13.1. The summed E-state index contributed by atoms with van der Waals surface area (Å²) in [6, 6.07) is 5.38. The molecule has 6 aliphatic heterocycles. The van der Waals surface area contributed by atoms with E-state index in [4.69, 9.17) is 0 Å². The SMILES string of the molecule is O=C1CCC(N2C(=O)c3ccc(N4C5CC4CN(CC4CNC4)C5)cc3C2=O)C(=O)N1. The van der Waals surface area contributed by atoms with E-state index in [0.29, 0.717) is 23.2 Å². The van der Waals surface area contributed by atoms with Gasteiger partial charge in [-0.2, -0.15) is 0 Å². The average Bonchev–Trinajstić information content (AvgIpc) is 2.95. The molecule has 7 rings (SSSR count). The van der Waals surface area contributed by atoms with E-state index in [9.17, 15) is 19.2 Å². The van der Waals surface area contributed by atoms with Crippen molar-refractivity contribution in [3.8, 4) is 0 Å². The first-order chi connectivity index (χ1) is 15.0. The predicted octanol–water partition coefficient (Wildman–Crippen LogP) is -0.430. The molecule has 1 aromatic rings. The lowest BCUT2D eigenvalue weighted by Gasteiger charge is -2.58. The third-order valence-electron chi connectivity index (χ3n) is 7.37. The van der Waals surface area contributed by atoms with Crippen molar-refractivity contribution in [1.29, 1.82) is 0 Å². The van der Waals surface area contributed by atoms with Crippen molar-refractivity contribution in [2.45, 2.75) is 37.4 Å². The average molecular weight is 423 g/mol. The second kappa shape index (κ2) is 6.86. The van der Waals surface area contributed by atoms with E-state index in [0.717, 1.165) is 55.6 Å². The van der Waals surface area contributed by atoms with E-state index in [1.807, 2.05) is 12.1 Å². The van der Waals surface area contributed by atoms with E-state index in [2.05, 4.69) is 20.4 Å². The summed E-state index contributed by atoms with van der Waals surface area (Å²) in [5.74, 6) is -1.09. The van der Waals surface area contributed by atoms with E-state index >= 15 is 0 Å². The Morgan fingerprint density at radius 1 is 0.968 bits per heavy atom. The topological polar surface area (TPSA) is 102 Å². The molecular weight excluding hydrogens is 398 g/mol. The fraction of sp³-hybridized carbons (Fsp3) is 0.545. The fourth-order valence-electron chi connectivity index (χ4n) is 5.73. The fourth-order valence-corrected chi connectivity index (χ4v) is 5.73. The summed E-state index contributed by atoms with van der Waals surface area (Å²) < 4.78 is 0. The number of carbonyl (C=O) groups is 4. The van der Waals surface area contributed by atoms with Crippen LogP contribution in [0.1, 0.15) is 40.0 Å². The zero-order chi connectivity index (χ0) is 21.3. The van der Waals surface area contributed by atoms with Gasteiger partial charge >= 0.3 is 0 Å². The van der Waals surface area contributed by atoms with Gasteiger partial charge in [-0.1, -0.05) is 0 Å². The van der Waals surface area contributed by atoms with Crippen LogP contribution in [0.4, 0.5) is 5.69 Å². The van der Waals surface area contributed by atoms with Crippen LogP contribution >= 0.6 is 0 Å². The monoisotopic (exact) mass is 423 g/mol. The number of benzene rings is 1. The molecule has 1 aromatic carbocycles. The summed E-state index contributed by atoms with van der Waals surface area (Å²) in [7, 11) is 0. The van der Waals surface area contributed by atoms with Gasteiger partial charge in [-0.15, -0.1) is 0 Å². The Bertz CT molecular complexity index is 994. The highest BCUT2D eigenvalue weighted by atomic mass is 16.2. The third-order valence-corrected chi connectivity index (χ3v) is 7.37. The number of nitrogens with one attached hydrogen (secondary N) is 2. The molecule has 0 aromatic heterocycles. The van der Waals surface area contributed by atoms with Crippen molar-refractivity contribution in [1.82, 2.24) is 20.4 Å². The first kappa shape index (κ1) is 18.9. The van der Waals surface area contributed by atoms with Gasteiger partial charge in [0.25, 0.3) is 11.8 Å². The number of anilines is 1. The normalized spacial score (nSPS) is 30.8. The lowest BCUT2D eigenvalue weighted by atomic mass is 9.85. The molecule has 6 aliphatic rings. The first-order valence-electron chi connectivity index (χ1n) is 11.1. The molecule has 5 fully saturated rings. The molecule has 2 N–H and O–H groups in total. The van der Waals surface area contributed by atoms with Crippen LogP contribution < -0.4 is 15.5 Å². The zero-order valence-corrected chi connectivity index (χ0v) is 17.2. The van der Waals surface area contributed by atoms with Gasteiger partial charge in [-0.05, 0) is 37.0 Å². The van der Waals surface area contributed by atoms with Crippen LogP contribution in [-0.4, -0.2) is 84.3 Å². The molecule has 31 heavy (non-hydrogen) atoms. The minimum Gasteiger partial charge on any atom is -0.363 e. The maximum absolute atomic E-state index is 13.1.